The van der Waals surface area contributed by atoms with Crippen molar-refractivity contribution in [1.29, 1.82) is 0 Å². The van der Waals surface area contributed by atoms with Crippen LogP contribution in [0.2, 0.25) is 0 Å². The van der Waals surface area contributed by atoms with Crippen LogP contribution in [-0.2, 0) is 4.79 Å². The zero-order chi connectivity index (χ0) is 12.7. The third-order valence-corrected chi connectivity index (χ3v) is 4.03. The molecule has 1 saturated carbocycles. The Kier molecular flexibility index (Phi) is 3.16. The first-order chi connectivity index (χ1) is 8.66. The van der Waals surface area contributed by atoms with Crippen molar-refractivity contribution < 1.29 is 9.18 Å². The fourth-order valence-electron chi connectivity index (χ4n) is 2.52. The van der Waals surface area contributed by atoms with Gasteiger partial charge in [0.25, 0.3) is 0 Å². The van der Waals surface area contributed by atoms with Gasteiger partial charge in [0.2, 0.25) is 0 Å². The summed E-state index contributed by atoms with van der Waals surface area (Å²) in [7, 11) is 0. The van der Waals surface area contributed by atoms with E-state index in [9.17, 15) is 9.18 Å². The first-order valence-corrected chi connectivity index (χ1v) is 6.88. The predicted octanol–water partition coefficient (Wildman–Crippen LogP) is 2.46. The number of carbonyl (C=O) groups excluding carboxylic acids is 1. The quantitative estimate of drug-likeness (QED) is 0.844. The first-order valence-electron chi connectivity index (χ1n) is 6.37. The maximum absolute atomic E-state index is 13.9. The zero-order valence-electron chi connectivity index (χ0n) is 10.1. The van der Waals surface area contributed by atoms with Crippen molar-refractivity contribution in [3.8, 4) is 0 Å². The second-order valence-corrected chi connectivity index (χ2v) is 5.94. The van der Waals surface area contributed by atoms with Crippen LogP contribution < -0.4 is 0 Å². The Labute approximate surface area is 112 Å². The van der Waals surface area contributed by atoms with Gasteiger partial charge in [-0.2, -0.15) is 12.6 Å². The molecule has 0 radical (unpaired) electrons. The smallest absolute Gasteiger partial charge is 0.157 e. The molecule has 2 aliphatic rings. The minimum atomic E-state index is -0.401. The van der Waals surface area contributed by atoms with Crippen molar-refractivity contribution in [2.24, 2.45) is 5.92 Å². The largest absolute Gasteiger partial charge is 0.297 e. The Hall–Kier alpha value is -0.870. The van der Waals surface area contributed by atoms with Crippen molar-refractivity contribution in [2.45, 2.75) is 24.1 Å². The minimum absolute atomic E-state index is 0.147. The second kappa shape index (κ2) is 4.67. The Balaban J connectivity index is 1.89. The zero-order valence-corrected chi connectivity index (χ0v) is 10.9. The normalized spacial score (nSPS) is 22.6. The van der Waals surface area contributed by atoms with Gasteiger partial charge in [0.1, 0.15) is 5.82 Å². The summed E-state index contributed by atoms with van der Waals surface area (Å²) >= 11 is 4.37. The lowest BCUT2D eigenvalue weighted by atomic mass is 9.95. The molecule has 0 bridgehead atoms. The fourth-order valence-corrected chi connectivity index (χ4v) is 2.94. The molecule has 1 unspecified atom stereocenters. The highest BCUT2D eigenvalue weighted by molar-refractivity contribution is 7.81. The van der Waals surface area contributed by atoms with Crippen molar-refractivity contribution in [2.75, 3.05) is 13.1 Å². The number of hydrogen-bond donors (Lipinski definition) is 1. The van der Waals surface area contributed by atoms with Crippen LogP contribution in [-0.4, -0.2) is 29.0 Å². The van der Waals surface area contributed by atoms with E-state index in [1.165, 1.54) is 6.07 Å². The summed E-state index contributed by atoms with van der Waals surface area (Å²) in [5, 5.41) is 0.311. The standard InChI is InChI=1S/C14H16FNOS/c15-12-4-2-1-3-11(12)13(14(17)9-5-6-9)16-7-10(18)8-16/h1-4,9-10,13,18H,5-8H2. The summed E-state index contributed by atoms with van der Waals surface area (Å²) in [4.78, 5) is 14.4. The minimum Gasteiger partial charge on any atom is -0.297 e. The number of hydrogen-bond acceptors (Lipinski definition) is 3. The molecule has 1 aromatic carbocycles. The number of halogens is 1. The highest BCUT2D eigenvalue weighted by atomic mass is 32.1. The van der Waals surface area contributed by atoms with Gasteiger partial charge in [-0.1, -0.05) is 18.2 Å². The SMILES string of the molecule is O=C(C1CC1)C(c1ccccc1F)N1CC(S)C1. The number of rotatable bonds is 4. The average Bonchev–Trinajstić information content (AvgIpc) is 3.13. The Morgan fingerprint density at radius 1 is 1.33 bits per heavy atom. The lowest BCUT2D eigenvalue weighted by Crippen LogP contribution is -2.52. The first kappa shape index (κ1) is 12.2. The van der Waals surface area contributed by atoms with Crippen LogP contribution in [0.3, 0.4) is 0 Å². The Bertz CT molecular complexity index is 469. The van der Waals surface area contributed by atoms with Gasteiger partial charge >= 0.3 is 0 Å². The molecular formula is C14H16FNOS. The van der Waals surface area contributed by atoms with Crippen LogP contribution in [0, 0.1) is 11.7 Å². The molecule has 3 rings (SSSR count). The van der Waals surface area contributed by atoms with E-state index in [0.29, 0.717) is 10.8 Å². The van der Waals surface area contributed by atoms with E-state index in [4.69, 9.17) is 0 Å². The molecule has 1 heterocycles. The molecule has 4 heteroatoms. The molecule has 1 atom stereocenters. The van der Waals surface area contributed by atoms with Crippen LogP contribution in [0.15, 0.2) is 24.3 Å². The van der Waals surface area contributed by atoms with E-state index in [2.05, 4.69) is 12.6 Å². The average molecular weight is 265 g/mol. The van der Waals surface area contributed by atoms with Gasteiger partial charge in [0, 0.05) is 29.8 Å². The van der Waals surface area contributed by atoms with Gasteiger partial charge in [-0.25, -0.2) is 4.39 Å². The number of benzene rings is 1. The van der Waals surface area contributed by atoms with Crippen LogP contribution in [0.5, 0.6) is 0 Å². The third-order valence-electron chi connectivity index (χ3n) is 3.70. The van der Waals surface area contributed by atoms with Gasteiger partial charge in [-0.05, 0) is 18.9 Å². The summed E-state index contributed by atoms with van der Waals surface area (Å²) in [5.74, 6) is 0.0491. The van der Waals surface area contributed by atoms with E-state index in [1.807, 2.05) is 4.90 Å². The van der Waals surface area contributed by atoms with Crippen LogP contribution in [0.4, 0.5) is 4.39 Å². The fraction of sp³-hybridized carbons (Fsp3) is 0.500. The molecule has 96 valence electrons. The maximum Gasteiger partial charge on any atom is 0.157 e. The van der Waals surface area contributed by atoms with E-state index >= 15 is 0 Å². The number of carbonyl (C=O) groups is 1. The van der Waals surface area contributed by atoms with Crippen molar-refractivity contribution in [3.05, 3.63) is 35.6 Å². The monoisotopic (exact) mass is 265 g/mol. The molecule has 1 saturated heterocycles. The number of ketones is 1. The molecule has 2 fully saturated rings. The molecule has 1 aliphatic heterocycles. The van der Waals surface area contributed by atoms with E-state index in [0.717, 1.165) is 25.9 Å². The topological polar surface area (TPSA) is 20.3 Å². The molecule has 0 aromatic heterocycles. The molecule has 2 nitrogen and oxygen atoms in total. The molecule has 0 amide bonds. The predicted molar refractivity (Wildman–Crippen MR) is 71.2 cm³/mol. The molecule has 1 aromatic rings. The maximum atomic E-state index is 13.9. The number of nitrogens with zero attached hydrogens (tertiary/aromatic N) is 1. The number of Topliss-reactive ketones (excluding diaryl/α,β-unsaturated/α-hetero) is 1. The summed E-state index contributed by atoms with van der Waals surface area (Å²) in [6, 6.07) is 6.22. The summed E-state index contributed by atoms with van der Waals surface area (Å²) in [5.41, 5.74) is 0.523. The molecular weight excluding hydrogens is 249 g/mol. The third kappa shape index (κ3) is 2.19. The number of thiol groups is 1. The highest BCUT2D eigenvalue weighted by Gasteiger charge is 2.42. The van der Waals surface area contributed by atoms with Gasteiger partial charge in [-0.3, -0.25) is 9.69 Å². The number of likely N-dealkylation sites (tertiary alicyclic amines) is 1. The molecule has 18 heavy (non-hydrogen) atoms. The molecule has 0 N–H and O–H groups in total. The van der Waals surface area contributed by atoms with Crippen LogP contribution in [0.25, 0.3) is 0 Å². The van der Waals surface area contributed by atoms with E-state index in [1.54, 1.807) is 18.2 Å². The second-order valence-electron chi connectivity index (χ2n) is 5.21. The molecule has 1 aliphatic carbocycles. The van der Waals surface area contributed by atoms with Gasteiger partial charge in [0.05, 0.1) is 6.04 Å². The van der Waals surface area contributed by atoms with Crippen LogP contribution >= 0.6 is 12.6 Å². The molecule has 0 spiro atoms. The van der Waals surface area contributed by atoms with Gasteiger partial charge in [0.15, 0.2) is 5.78 Å². The van der Waals surface area contributed by atoms with E-state index in [-0.39, 0.29) is 17.5 Å². The lowest BCUT2D eigenvalue weighted by molar-refractivity contribution is -0.127. The highest BCUT2D eigenvalue weighted by Crippen LogP contribution is 2.39. The summed E-state index contributed by atoms with van der Waals surface area (Å²) < 4.78 is 13.9. The van der Waals surface area contributed by atoms with Crippen molar-refractivity contribution in [1.82, 2.24) is 4.90 Å². The Morgan fingerprint density at radius 3 is 2.56 bits per heavy atom. The van der Waals surface area contributed by atoms with Crippen LogP contribution in [0.1, 0.15) is 24.4 Å². The lowest BCUT2D eigenvalue weighted by Gasteiger charge is -2.42. The van der Waals surface area contributed by atoms with Gasteiger partial charge < -0.3 is 0 Å². The van der Waals surface area contributed by atoms with Gasteiger partial charge in [-0.15, -0.1) is 0 Å². The summed E-state index contributed by atoms with van der Waals surface area (Å²) in [6.07, 6.45) is 1.92. The van der Waals surface area contributed by atoms with Crippen molar-refractivity contribution >= 4 is 18.4 Å². The Morgan fingerprint density at radius 2 is 2.00 bits per heavy atom. The van der Waals surface area contributed by atoms with E-state index < -0.39 is 6.04 Å². The summed E-state index contributed by atoms with van der Waals surface area (Å²) in [6.45, 7) is 1.53. The van der Waals surface area contributed by atoms with Crippen molar-refractivity contribution in [3.63, 3.8) is 0 Å².